The summed E-state index contributed by atoms with van der Waals surface area (Å²) in [7, 11) is 0. The molecule has 0 amide bonds. The van der Waals surface area contributed by atoms with Crippen molar-refractivity contribution >= 4 is 11.1 Å². The van der Waals surface area contributed by atoms with Crippen molar-refractivity contribution in [3.8, 4) is 17.5 Å². The van der Waals surface area contributed by atoms with E-state index < -0.39 is 23.1 Å². The van der Waals surface area contributed by atoms with Gasteiger partial charge in [0.25, 0.3) is 0 Å². The van der Waals surface area contributed by atoms with E-state index in [0.717, 1.165) is 0 Å². The number of nitrogens with zero attached hydrogens (tertiary/aromatic N) is 4. The van der Waals surface area contributed by atoms with Crippen LogP contribution in [0, 0.1) is 28.9 Å². The molecule has 0 aliphatic heterocycles. The van der Waals surface area contributed by atoms with Crippen molar-refractivity contribution in [3.05, 3.63) is 77.1 Å². The predicted octanol–water partition coefficient (Wildman–Crippen LogP) is 3.75. The van der Waals surface area contributed by atoms with Crippen molar-refractivity contribution in [3.63, 3.8) is 0 Å². The average Bonchev–Trinajstić information content (AvgIpc) is 2.97. The minimum atomic E-state index is -1.46. The molecule has 3 heterocycles. The van der Waals surface area contributed by atoms with E-state index in [1.807, 2.05) is 0 Å². The molecule has 0 aromatic carbocycles. The third-order valence-electron chi connectivity index (χ3n) is 3.92. The molecule has 25 heavy (non-hydrogen) atoms. The van der Waals surface area contributed by atoms with Crippen molar-refractivity contribution < 1.29 is 13.2 Å². The van der Waals surface area contributed by atoms with Crippen molar-refractivity contribution in [1.29, 1.82) is 5.26 Å². The van der Waals surface area contributed by atoms with Crippen molar-refractivity contribution in [2.45, 2.75) is 0 Å². The van der Waals surface area contributed by atoms with Gasteiger partial charge in [-0.3, -0.25) is 9.97 Å². The lowest BCUT2D eigenvalue weighted by Gasteiger charge is -2.09. The third-order valence-corrected chi connectivity index (χ3v) is 3.92. The van der Waals surface area contributed by atoms with Gasteiger partial charge in [-0.15, -0.1) is 0 Å². The van der Waals surface area contributed by atoms with Gasteiger partial charge < -0.3 is 0 Å². The molecule has 120 valence electrons. The van der Waals surface area contributed by atoms with Gasteiger partial charge in [-0.1, -0.05) is 12.1 Å². The number of nitriles is 1. The fourth-order valence-electron chi connectivity index (χ4n) is 2.90. The number of pyridine rings is 3. The predicted molar refractivity (Wildman–Crippen MR) is 83.1 cm³/mol. The summed E-state index contributed by atoms with van der Waals surface area (Å²) in [4.78, 5) is 11.7. The Kier molecular flexibility index (Phi) is 3.32. The van der Waals surface area contributed by atoms with Gasteiger partial charge >= 0.3 is 0 Å². The number of rotatable bonds is 1. The zero-order valence-electron chi connectivity index (χ0n) is 12.5. The first-order valence-electron chi connectivity index (χ1n) is 7.19. The van der Waals surface area contributed by atoms with Crippen LogP contribution in [0.2, 0.25) is 0 Å². The number of aromatic nitrogens is 3. The molecule has 0 N–H and O–H groups in total. The Morgan fingerprint density at radius 1 is 0.920 bits per heavy atom. The van der Waals surface area contributed by atoms with E-state index >= 15 is 0 Å². The zero-order chi connectivity index (χ0) is 17.6. The molecule has 0 radical (unpaired) electrons. The van der Waals surface area contributed by atoms with Crippen LogP contribution < -0.4 is 0 Å². The summed E-state index contributed by atoms with van der Waals surface area (Å²) in [5, 5.41) is 9.60. The van der Waals surface area contributed by atoms with Crippen LogP contribution in [0.15, 0.2) is 42.9 Å². The summed E-state index contributed by atoms with van der Waals surface area (Å²) in [6, 6.07) is 8.39. The molecule has 0 spiro atoms. The summed E-state index contributed by atoms with van der Waals surface area (Å²) >= 11 is 0. The van der Waals surface area contributed by atoms with Crippen LogP contribution >= 0.6 is 0 Å². The van der Waals surface area contributed by atoms with Gasteiger partial charge in [0.05, 0.1) is 28.7 Å². The van der Waals surface area contributed by atoms with Crippen LogP contribution in [0.25, 0.3) is 22.5 Å². The lowest BCUT2D eigenvalue weighted by molar-refractivity contribution is 0.475. The van der Waals surface area contributed by atoms with Gasteiger partial charge in [0, 0.05) is 29.1 Å². The van der Waals surface area contributed by atoms with Crippen LogP contribution in [0.4, 0.5) is 13.2 Å². The number of fused-ring (bicyclic) bond motifs is 3. The molecule has 0 saturated heterocycles. The molecule has 3 aromatic rings. The number of halogens is 3. The number of allylic oxidation sites excluding steroid dienone is 1. The highest BCUT2D eigenvalue weighted by Crippen LogP contribution is 2.45. The highest BCUT2D eigenvalue weighted by atomic mass is 19.2. The molecule has 1 aliphatic carbocycles. The van der Waals surface area contributed by atoms with Gasteiger partial charge in [0.2, 0.25) is 5.95 Å². The second kappa shape index (κ2) is 5.53. The quantitative estimate of drug-likeness (QED) is 0.392. The molecule has 0 unspecified atom stereocenters. The molecule has 7 heteroatoms. The molecule has 0 saturated carbocycles. The fourth-order valence-corrected chi connectivity index (χ4v) is 2.90. The summed E-state index contributed by atoms with van der Waals surface area (Å²) in [6.45, 7) is 0. The van der Waals surface area contributed by atoms with E-state index in [-0.39, 0.29) is 11.1 Å². The molecular weight excluding hydrogens is 329 g/mol. The monoisotopic (exact) mass is 336 g/mol. The first-order valence-corrected chi connectivity index (χ1v) is 7.19. The van der Waals surface area contributed by atoms with Gasteiger partial charge in [0.15, 0.2) is 11.6 Å². The van der Waals surface area contributed by atoms with Gasteiger partial charge in [0.1, 0.15) is 6.07 Å². The minimum absolute atomic E-state index is 0.249. The second-order valence-electron chi connectivity index (χ2n) is 5.25. The maximum atomic E-state index is 14.2. The summed E-state index contributed by atoms with van der Waals surface area (Å²) < 4.78 is 41.9. The van der Waals surface area contributed by atoms with E-state index in [4.69, 9.17) is 0 Å². The number of hydrogen-bond acceptors (Lipinski definition) is 4. The standard InChI is InChI=1S/C18H7F3N4/c19-12-8-25-18(21)14(15(12)20)11(7-22)13-9-3-1-5-23-16(9)17-10(13)4-2-6-24-17/h1-6,8H. The van der Waals surface area contributed by atoms with Crippen molar-refractivity contribution in [2.24, 2.45) is 0 Å². The molecule has 0 atom stereocenters. The molecule has 4 rings (SSSR count). The molecule has 0 bridgehead atoms. The maximum Gasteiger partial charge on any atom is 0.224 e. The first-order chi connectivity index (χ1) is 12.1. The Bertz CT molecular complexity index is 1050. The summed E-state index contributed by atoms with van der Waals surface area (Å²) in [5.74, 6) is -4.05. The lowest BCUT2D eigenvalue weighted by Crippen LogP contribution is -2.02. The molecule has 4 nitrogen and oxygen atoms in total. The smallest absolute Gasteiger partial charge is 0.224 e. The largest absolute Gasteiger partial charge is 0.254 e. The summed E-state index contributed by atoms with van der Waals surface area (Å²) in [6.07, 6.45) is 3.54. The van der Waals surface area contributed by atoms with E-state index in [2.05, 4.69) is 15.0 Å². The maximum absolute atomic E-state index is 14.2. The molecular formula is C18H7F3N4. The lowest BCUT2D eigenvalue weighted by atomic mass is 9.95. The molecule has 1 aliphatic rings. The van der Waals surface area contributed by atoms with Crippen LogP contribution in [0.1, 0.15) is 16.7 Å². The Hall–Kier alpha value is -3.53. The Labute approximate surface area is 139 Å². The molecule has 3 aromatic heterocycles. The van der Waals surface area contributed by atoms with Crippen LogP contribution in [0.3, 0.4) is 0 Å². The first kappa shape index (κ1) is 15.0. The van der Waals surface area contributed by atoms with Crippen molar-refractivity contribution in [1.82, 2.24) is 15.0 Å². The van der Waals surface area contributed by atoms with E-state index in [1.54, 1.807) is 42.7 Å². The Balaban J connectivity index is 2.15. The second-order valence-corrected chi connectivity index (χ2v) is 5.25. The van der Waals surface area contributed by atoms with Gasteiger partial charge in [-0.25, -0.2) is 13.8 Å². The number of hydrogen-bond donors (Lipinski definition) is 0. The normalized spacial score (nSPS) is 11.7. The van der Waals surface area contributed by atoms with E-state index in [1.165, 1.54) is 0 Å². The van der Waals surface area contributed by atoms with Gasteiger partial charge in [-0.2, -0.15) is 9.65 Å². The fraction of sp³-hybridized carbons (Fsp3) is 0. The van der Waals surface area contributed by atoms with E-state index in [0.29, 0.717) is 28.7 Å². The summed E-state index contributed by atoms with van der Waals surface area (Å²) in [5.41, 5.74) is 1.06. The highest BCUT2D eigenvalue weighted by molar-refractivity contribution is 6.11. The molecule has 0 fully saturated rings. The average molecular weight is 336 g/mol. The van der Waals surface area contributed by atoms with Crippen LogP contribution in [-0.4, -0.2) is 15.0 Å². The van der Waals surface area contributed by atoms with Crippen LogP contribution in [-0.2, 0) is 0 Å². The zero-order valence-corrected chi connectivity index (χ0v) is 12.5. The van der Waals surface area contributed by atoms with Crippen LogP contribution in [0.5, 0.6) is 0 Å². The topological polar surface area (TPSA) is 62.5 Å². The third kappa shape index (κ3) is 2.11. The highest BCUT2D eigenvalue weighted by Gasteiger charge is 2.31. The SMILES string of the molecule is N#CC(=C1c2cccnc2-c2ncccc21)c1c(F)ncc(F)c1F. The van der Waals surface area contributed by atoms with E-state index in [9.17, 15) is 18.4 Å². The Morgan fingerprint density at radius 2 is 1.52 bits per heavy atom. The van der Waals surface area contributed by atoms with Gasteiger partial charge in [-0.05, 0) is 12.1 Å². The minimum Gasteiger partial charge on any atom is -0.254 e. The van der Waals surface area contributed by atoms with Crippen molar-refractivity contribution in [2.75, 3.05) is 0 Å². The Morgan fingerprint density at radius 3 is 2.08 bits per heavy atom.